The Morgan fingerprint density at radius 2 is 2.00 bits per heavy atom. The van der Waals surface area contributed by atoms with Gasteiger partial charge in [0.15, 0.2) is 0 Å². The zero-order chi connectivity index (χ0) is 11.8. The third-order valence-electron chi connectivity index (χ3n) is 3.61. The Kier molecular flexibility index (Phi) is 2.39. The van der Waals surface area contributed by atoms with E-state index in [1.54, 1.807) is 4.90 Å². The number of hydrogen-bond acceptors (Lipinski definition) is 1. The van der Waals surface area contributed by atoms with E-state index in [-0.39, 0.29) is 6.03 Å². The number of rotatable bonds is 1. The highest BCUT2D eigenvalue weighted by Gasteiger charge is 2.35. The van der Waals surface area contributed by atoms with E-state index in [0.29, 0.717) is 6.04 Å². The summed E-state index contributed by atoms with van der Waals surface area (Å²) in [6.07, 6.45) is 4.43. The summed E-state index contributed by atoms with van der Waals surface area (Å²) in [5.41, 5.74) is 2.16. The molecule has 3 rings (SSSR count). The molecule has 0 N–H and O–H groups in total. The second-order valence-corrected chi connectivity index (χ2v) is 4.66. The highest BCUT2D eigenvalue weighted by molar-refractivity contribution is 5.88. The van der Waals surface area contributed by atoms with E-state index in [1.165, 1.54) is 0 Å². The molecule has 88 valence electrons. The van der Waals surface area contributed by atoms with E-state index in [4.69, 9.17) is 0 Å². The molecule has 0 bridgehead atoms. The maximum atomic E-state index is 12.2. The van der Waals surface area contributed by atoms with Gasteiger partial charge < -0.3 is 4.90 Å². The van der Waals surface area contributed by atoms with Gasteiger partial charge in [-0.1, -0.05) is 30.3 Å². The first-order chi connectivity index (χ1) is 8.27. The summed E-state index contributed by atoms with van der Waals surface area (Å²) in [7, 11) is 1.86. The van der Waals surface area contributed by atoms with Crippen molar-refractivity contribution in [3.8, 4) is 0 Å². The number of hydrogen-bond donors (Lipinski definition) is 0. The van der Waals surface area contributed by atoms with Crippen LogP contribution in [0.3, 0.4) is 0 Å². The van der Waals surface area contributed by atoms with Crippen LogP contribution >= 0.6 is 0 Å². The van der Waals surface area contributed by atoms with Crippen molar-refractivity contribution in [2.75, 3.05) is 13.6 Å². The Morgan fingerprint density at radius 1 is 1.24 bits per heavy atom. The van der Waals surface area contributed by atoms with Crippen LogP contribution in [-0.4, -0.2) is 35.5 Å². The summed E-state index contributed by atoms with van der Waals surface area (Å²) in [5, 5.41) is 0. The van der Waals surface area contributed by atoms with Gasteiger partial charge in [-0.15, -0.1) is 0 Å². The van der Waals surface area contributed by atoms with Crippen molar-refractivity contribution in [2.45, 2.75) is 18.9 Å². The van der Waals surface area contributed by atoms with E-state index in [1.807, 2.05) is 30.1 Å². The number of carbonyl (C=O) groups is 1. The first kappa shape index (κ1) is 10.4. The van der Waals surface area contributed by atoms with Gasteiger partial charge in [-0.25, -0.2) is 4.79 Å². The molecule has 3 nitrogen and oxygen atoms in total. The van der Waals surface area contributed by atoms with Crippen LogP contribution in [0.2, 0.25) is 0 Å². The van der Waals surface area contributed by atoms with Gasteiger partial charge in [0.2, 0.25) is 0 Å². The minimum Gasteiger partial charge on any atom is -0.318 e. The van der Waals surface area contributed by atoms with Crippen molar-refractivity contribution >= 4 is 11.7 Å². The van der Waals surface area contributed by atoms with Crippen LogP contribution < -0.4 is 0 Å². The van der Waals surface area contributed by atoms with Crippen molar-refractivity contribution in [2.24, 2.45) is 0 Å². The quantitative estimate of drug-likeness (QED) is 0.724. The van der Waals surface area contributed by atoms with Crippen LogP contribution in [0.1, 0.15) is 18.4 Å². The van der Waals surface area contributed by atoms with E-state index in [9.17, 15) is 4.79 Å². The molecule has 1 atom stereocenters. The molecule has 0 radical (unpaired) electrons. The molecule has 2 aliphatic heterocycles. The second-order valence-electron chi connectivity index (χ2n) is 4.66. The average molecular weight is 228 g/mol. The standard InChI is InChI=1S/C14H16N2O/c1-15-13(11-6-3-2-4-7-11)10-12-8-5-9-16(12)14(15)17/h2-4,6-7,10,12H,5,8-9H2,1H3. The number of urea groups is 1. The lowest BCUT2D eigenvalue weighted by Crippen LogP contribution is -2.46. The zero-order valence-corrected chi connectivity index (χ0v) is 9.97. The van der Waals surface area contributed by atoms with Crippen LogP contribution in [0.15, 0.2) is 36.4 Å². The molecule has 17 heavy (non-hydrogen) atoms. The molecule has 2 amide bonds. The highest BCUT2D eigenvalue weighted by atomic mass is 16.2. The Morgan fingerprint density at radius 3 is 2.76 bits per heavy atom. The second kappa shape index (κ2) is 3.91. The lowest BCUT2D eigenvalue weighted by Gasteiger charge is -2.35. The molecule has 0 aromatic heterocycles. The SMILES string of the molecule is CN1C(=O)N2CCCC2C=C1c1ccccc1. The zero-order valence-electron chi connectivity index (χ0n) is 9.97. The Hall–Kier alpha value is -1.77. The van der Waals surface area contributed by atoms with E-state index < -0.39 is 0 Å². The van der Waals surface area contributed by atoms with Gasteiger partial charge in [-0.2, -0.15) is 0 Å². The molecular formula is C14H16N2O. The Balaban J connectivity index is 2.02. The first-order valence-electron chi connectivity index (χ1n) is 6.09. The number of carbonyl (C=O) groups excluding carboxylic acids is 1. The Labute approximate surface area is 101 Å². The van der Waals surface area contributed by atoms with E-state index >= 15 is 0 Å². The first-order valence-corrected chi connectivity index (χ1v) is 6.09. The third-order valence-corrected chi connectivity index (χ3v) is 3.61. The molecule has 1 aromatic rings. The number of fused-ring (bicyclic) bond motifs is 1. The van der Waals surface area contributed by atoms with Crippen LogP contribution in [0.25, 0.3) is 5.70 Å². The van der Waals surface area contributed by atoms with Crippen LogP contribution in [0.4, 0.5) is 4.79 Å². The average Bonchev–Trinajstić information content (AvgIpc) is 2.83. The molecule has 1 saturated heterocycles. The number of benzene rings is 1. The van der Waals surface area contributed by atoms with Gasteiger partial charge in [0.1, 0.15) is 0 Å². The van der Waals surface area contributed by atoms with E-state index in [0.717, 1.165) is 30.6 Å². The summed E-state index contributed by atoms with van der Waals surface area (Å²) in [6, 6.07) is 10.6. The van der Waals surface area contributed by atoms with Crippen molar-refractivity contribution in [3.63, 3.8) is 0 Å². The smallest absolute Gasteiger partial charge is 0.318 e. The minimum atomic E-state index is 0.133. The van der Waals surface area contributed by atoms with Crippen molar-refractivity contribution in [3.05, 3.63) is 42.0 Å². The molecule has 1 fully saturated rings. The summed E-state index contributed by atoms with van der Waals surface area (Å²) < 4.78 is 0. The largest absolute Gasteiger partial charge is 0.324 e. The summed E-state index contributed by atoms with van der Waals surface area (Å²) in [4.78, 5) is 15.9. The third kappa shape index (κ3) is 1.62. The van der Waals surface area contributed by atoms with Gasteiger partial charge in [0.25, 0.3) is 0 Å². The van der Waals surface area contributed by atoms with Gasteiger partial charge in [0.05, 0.1) is 11.7 Å². The van der Waals surface area contributed by atoms with Crippen molar-refractivity contribution < 1.29 is 4.79 Å². The fraction of sp³-hybridized carbons (Fsp3) is 0.357. The minimum absolute atomic E-state index is 0.133. The molecule has 0 saturated carbocycles. The molecule has 2 aliphatic rings. The van der Waals surface area contributed by atoms with Crippen molar-refractivity contribution in [1.29, 1.82) is 0 Å². The maximum Gasteiger partial charge on any atom is 0.324 e. The lowest BCUT2D eigenvalue weighted by molar-refractivity contribution is 0.175. The summed E-state index contributed by atoms with van der Waals surface area (Å²) in [5.74, 6) is 0. The van der Waals surface area contributed by atoms with Crippen LogP contribution in [0, 0.1) is 0 Å². The summed E-state index contributed by atoms with van der Waals surface area (Å²) in [6.45, 7) is 0.895. The van der Waals surface area contributed by atoms with Crippen LogP contribution in [0.5, 0.6) is 0 Å². The molecule has 2 heterocycles. The Bertz CT molecular complexity index is 466. The van der Waals surface area contributed by atoms with Crippen LogP contribution in [-0.2, 0) is 0 Å². The monoisotopic (exact) mass is 228 g/mol. The highest BCUT2D eigenvalue weighted by Crippen LogP contribution is 2.31. The molecule has 1 unspecified atom stereocenters. The van der Waals surface area contributed by atoms with Gasteiger partial charge in [-0.3, -0.25) is 4.90 Å². The number of nitrogens with zero attached hydrogens (tertiary/aromatic N) is 2. The number of amides is 2. The molecule has 0 aliphatic carbocycles. The van der Waals surface area contributed by atoms with Gasteiger partial charge >= 0.3 is 6.03 Å². The fourth-order valence-electron chi connectivity index (χ4n) is 2.69. The molecule has 3 heteroatoms. The van der Waals surface area contributed by atoms with Gasteiger partial charge in [0, 0.05) is 13.6 Å². The predicted octanol–water partition coefficient (Wildman–Crippen LogP) is 2.56. The fourth-order valence-corrected chi connectivity index (χ4v) is 2.69. The normalized spacial score (nSPS) is 23.7. The van der Waals surface area contributed by atoms with Crippen molar-refractivity contribution in [1.82, 2.24) is 9.80 Å². The summed E-state index contributed by atoms with van der Waals surface area (Å²) >= 11 is 0. The topological polar surface area (TPSA) is 23.6 Å². The molecule has 1 aromatic carbocycles. The van der Waals surface area contributed by atoms with Gasteiger partial charge in [-0.05, 0) is 24.5 Å². The molecular weight excluding hydrogens is 212 g/mol. The molecule has 0 spiro atoms. The lowest BCUT2D eigenvalue weighted by atomic mass is 10.1. The maximum absolute atomic E-state index is 12.2. The predicted molar refractivity (Wildman–Crippen MR) is 67.3 cm³/mol. The van der Waals surface area contributed by atoms with E-state index in [2.05, 4.69) is 18.2 Å².